The van der Waals surface area contributed by atoms with Crippen LogP contribution >= 0.6 is 7.92 Å². The van der Waals surface area contributed by atoms with Gasteiger partial charge in [0.05, 0.1) is 6.61 Å². The quantitative estimate of drug-likeness (QED) is 0.231. The van der Waals surface area contributed by atoms with Crippen LogP contribution in [0.1, 0.15) is 40.5 Å². The molecule has 0 amide bonds. The Morgan fingerprint density at radius 3 is 1.39 bits per heavy atom. The third-order valence-electron chi connectivity index (χ3n) is 5.11. The maximum atomic E-state index is 10.4. The maximum Gasteiger partial charge on any atom is 0.302 e. The molecule has 1 N–H and O–H groups in total. The number of rotatable bonds is 10. The molecule has 0 unspecified atom stereocenters. The number of aliphatic carboxylic acids is 1. The van der Waals surface area contributed by atoms with Gasteiger partial charge in [-0.15, -0.1) is 0 Å². The van der Waals surface area contributed by atoms with E-state index in [9.17, 15) is 4.79 Å². The fourth-order valence-corrected chi connectivity index (χ4v) is 5.68. The minimum absolute atomic E-state index is 0.178. The van der Waals surface area contributed by atoms with Gasteiger partial charge in [0.25, 0.3) is 5.97 Å². The Hall–Kier alpha value is -3.01. The Labute approximate surface area is 217 Å². The van der Waals surface area contributed by atoms with E-state index in [2.05, 4.69) is 110 Å². The van der Waals surface area contributed by atoms with Crippen LogP contribution in [0.5, 0.6) is 0 Å². The highest BCUT2D eigenvalue weighted by molar-refractivity contribution is 7.79. The summed E-state index contributed by atoms with van der Waals surface area (Å²) in [6, 6.07) is 32.3. The SMILES string of the molecule is CC(=O)O.CCN(CC)CCCCOC(C)=O.c1ccc(P(c2ccccc2)c2ccccc2)cc1. The first-order valence-corrected chi connectivity index (χ1v) is 13.7. The van der Waals surface area contributed by atoms with Crippen molar-refractivity contribution in [3.8, 4) is 0 Å². The van der Waals surface area contributed by atoms with Crippen LogP contribution in [0.2, 0.25) is 0 Å². The number of nitrogens with zero attached hydrogens (tertiary/aromatic N) is 1. The summed E-state index contributed by atoms with van der Waals surface area (Å²) >= 11 is 0. The number of carbonyl (C=O) groups excluding carboxylic acids is 1. The van der Waals surface area contributed by atoms with Crippen LogP contribution in [0.4, 0.5) is 0 Å². The Kier molecular flexibility index (Phi) is 16.6. The molecule has 0 saturated carbocycles. The summed E-state index contributed by atoms with van der Waals surface area (Å²) in [6.07, 6.45) is 2.07. The van der Waals surface area contributed by atoms with Crippen molar-refractivity contribution in [1.82, 2.24) is 4.90 Å². The van der Waals surface area contributed by atoms with E-state index in [0.717, 1.165) is 39.4 Å². The zero-order chi connectivity index (χ0) is 26.6. The van der Waals surface area contributed by atoms with Crippen LogP contribution in [0, 0.1) is 0 Å². The number of carboxylic acid groups (broad SMARTS) is 1. The van der Waals surface area contributed by atoms with Gasteiger partial charge in [0.2, 0.25) is 0 Å². The third kappa shape index (κ3) is 13.8. The number of carboxylic acids is 1. The van der Waals surface area contributed by atoms with Crippen molar-refractivity contribution in [1.29, 1.82) is 0 Å². The van der Waals surface area contributed by atoms with Gasteiger partial charge in [0, 0.05) is 13.8 Å². The summed E-state index contributed by atoms with van der Waals surface area (Å²) in [5.41, 5.74) is 0. The van der Waals surface area contributed by atoms with Gasteiger partial charge in [-0.3, -0.25) is 9.59 Å². The Balaban J connectivity index is 0.000000333. The molecule has 3 rings (SSSR count). The van der Waals surface area contributed by atoms with E-state index < -0.39 is 13.9 Å². The van der Waals surface area contributed by atoms with Crippen molar-refractivity contribution in [2.45, 2.75) is 40.5 Å². The van der Waals surface area contributed by atoms with Gasteiger partial charge in [0.15, 0.2) is 0 Å². The minimum atomic E-state index is -0.833. The molecule has 0 atom stereocenters. The summed E-state index contributed by atoms with van der Waals surface area (Å²) in [4.78, 5) is 21.8. The Bertz CT molecular complexity index is 866. The smallest absolute Gasteiger partial charge is 0.302 e. The van der Waals surface area contributed by atoms with Crippen molar-refractivity contribution in [3.05, 3.63) is 91.0 Å². The van der Waals surface area contributed by atoms with Crippen molar-refractivity contribution in [2.24, 2.45) is 0 Å². The van der Waals surface area contributed by atoms with Gasteiger partial charge in [-0.05, 0) is 56.3 Å². The van der Waals surface area contributed by atoms with E-state index in [0.29, 0.717) is 6.61 Å². The molecule has 3 aromatic carbocycles. The predicted molar refractivity (Wildman–Crippen MR) is 152 cm³/mol. The van der Waals surface area contributed by atoms with Crippen molar-refractivity contribution in [3.63, 3.8) is 0 Å². The molecule has 0 saturated heterocycles. The molecule has 0 aliphatic carbocycles. The summed E-state index contributed by atoms with van der Waals surface area (Å²) in [7, 11) is -0.446. The molecular weight excluding hydrogens is 469 g/mol. The summed E-state index contributed by atoms with van der Waals surface area (Å²) in [5.74, 6) is -1.01. The molecule has 36 heavy (non-hydrogen) atoms. The molecule has 0 radical (unpaired) electrons. The van der Waals surface area contributed by atoms with Crippen LogP contribution in [0.15, 0.2) is 91.0 Å². The molecule has 6 heteroatoms. The highest BCUT2D eigenvalue weighted by Crippen LogP contribution is 2.32. The second-order valence-corrected chi connectivity index (χ2v) is 10.2. The highest BCUT2D eigenvalue weighted by atomic mass is 31.1. The van der Waals surface area contributed by atoms with E-state index in [1.54, 1.807) is 0 Å². The molecule has 5 nitrogen and oxygen atoms in total. The fourth-order valence-electron chi connectivity index (χ4n) is 3.37. The van der Waals surface area contributed by atoms with Crippen LogP contribution in [0.3, 0.4) is 0 Å². The first-order chi connectivity index (χ1) is 17.4. The number of hydrogen-bond donors (Lipinski definition) is 1. The molecule has 0 aliphatic rings. The van der Waals surface area contributed by atoms with Crippen molar-refractivity contribution < 1.29 is 19.4 Å². The molecule has 0 bridgehead atoms. The van der Waals surface area contributed by atoms with Crippen LogP contribution in [0.25, 0.3) is 0 Å². The third-order valence-corrected chi connectivity index (χ3v) is 7.56. The fraction of sp³-hybridized carbons (Fsp3) is 0.333. The Morgan fingerprint density at radius 1 is 0.722 bits per heavy atom. The van der Waals surface area contributed by atoms with Crippen molar-refractivity contribution >= 4 is 35.8 Å². The largest absolute Gasteiger partial charge is 0.481 e. The lowest BCUT2D eigenvalue weighted by Gasteiger charge is -2.18. The average molecular weight is 510 g/mol. The topological polar surface area (TPSA) is 66.8 Å². The first-order valence-electron chi connectivity index (χ1n) is 12.4. The highest BCUT2D eigenvalue weighted by Gasteiger charge is 2.15. The second-order valence-electron chi connectivity index (χ2n) is 7.94. The summed E-state index contributed by atoms with van der Waals surface area (Å²) in [5, 5.41) is 11.6. The van der Waals surface area contributed by atoms with E-state index >= 15 is 0 Å². The zero-order valence-corrected chi connectivity index (χ0v) is 22.9. The van der Waals surface area contributed by atoms with Gasteiger partial charge in [-0.2, -0.15) is 0 Å². The predicted octanol–water partition coefficient (Wildman–Crippen LogP) is 5.21. The van der Waals surface area contributed by atoms with E-state index in [4.69, 9.17) is 14.6 Å². The number of benzene rings is 3. The number of unbranched alkanes of at least 4 members (excludes halogenated alkanes) is 1. The van der Waals surface area contributed by atoms with E-state index in [1.807, 2.05) is 0 Å². The molecule has 0 heterocycles. The molecule has 0 spiro atoms. The van der Waals surface area contributed by atoms with Gasteiger partial charge in [0.1, 0.15) is 0 Å². The number of hydrogen-bond acceptors (Lipinski definition) is 4. The first kappa shape index (κ1) is 31.0. The standard InChI is InChI=1S/C18H15P.C10H21NO2.C2H4O2/c1-4-10-16(11-5-1)19(17-12-6-2-7-13-17)18-14-8-3-9-15-18;1-4-11(5-2)8-6-7-9-13-10(3)12;1-2(3)4/h1-15H;4-9H2,1-3H3;1H3,(H,3,4). The molecule has 0 aliphatic heterocycles. The lowest BCUT2D eigenvalue weighted by Crippen LogP contribution is -2.24. The number of carbonyl (C=O) groups is 2. The Morgan fingerprint density at radius 2 is 1.08 bits per heavy atom. The van der Waals surface area contributed by atoms with E-state index in [-0.39, 0.29) is 5.97 Å². The lowest BCUT2D eigenvalue weighted by molar-refractivity contribution is -0.141. The summed E-state index contributed by atoms with van der Waals surface area (Å²) in [6.45, 7) is 10.7. The molecule has 194 valence electrons. The van der Waals surface area contributed by atoms with Gasteiger partial charge < -0.3 is 14.7 Å². The number of esters is 1. The molecule has 3 aromatic rings. The van der Waals surface area contributed by atoms with Crippen molar-refractivity contribution in [2.75, 3.05) is 26.2 Å². The summed E-state index contributed by atoms with van der Waals surface area (Å²) < 4.78 is 4.83. The van der Waals surface area contributed by atoms with Gasteiger partial charge in [-0.1, -0.05) is 105 Å². The molecular formula is C30H40NO4P. The minimum Gasteiger partial charge on any atom is -0.481 e. The van der Waals surface area contributed by atoms with Crippen LogP contribution in [-0.4, -0.2) is 48.2 Å². The second kappa shape index (κ2) is 19.2. The normalized spacial score (nSPS) is 10.1. The maximum absolute atomic E-state index is 10.4. The van der Waals surface area contributed by atoms with Crippen LogP contribution < -0.4 is 15.9 Å². The number of ether oxygens (including phenoxy) is 1. The van der Waals surface area contributed by atoms with Gasteiger partial charge >= 0.3 is 5.97 Å². The molecule has 0 fully saturated rings. The average Bonchev–Trinajstić information content (AvgIpc) is 2.88. The zero-order valence-electron chi connectivity index (χ0n) is 22.0. The van der Waals surface area contributed by atoms with Gasteiger partial charge in [-0.25, -0.2) is 0 Å². The van der Waals surface area contributed by atoms with Crippen LogP contribution in [-0.2, 0) is 14.3 Å². The monoisotopic (exact) mass is 509 g/mol. The lowest BCUT2D eigenvalue weighted by atomic mass is 10.3. The molecule has 0 aromatic heterocycles. The van der Waals surface area contributed by atoms with E-state index in [1.165, 1.54) is 22.8 Å².